The summed E-state index contributed by atoms with van der Waals surface area (Å²) in [5, 5.41) is 3.83. The SMILES string of the molecule is CC(C)(C)OC(=O)N1CCC[C@@H](CNc2nc3ccccc3n2Cc2c(F)cccc2Cl)C1. The summed E-state index contributed by atoms with van der Waals surface area (Å²) in [5.41, 5.74) is 1.64. The number of nitrogens with one attached hydrogen (secondary N) is 1. The minimum atomic E-state index is -0.513. The number of nitrogens with zero attached hydrogens (tertiary/aromatic N) is 3. The third kappa shape index (κ3) is 5.58. The maximum atomic E-state index is 14.5. The fourth-order valence-electron chi connectivity index (χ4n) is 4.17. The van der Waals surface area contributed by atoms with Gasteiger partial charge in [-0.25, -0.2) is 14.2 Å². The van der Waals surface area contributed by atoms with Crippen LogP contribution in [0, 0.1) is 11.7 Å². The van der Waals surface area contributed by atoms with Gasteiger partial charge < -0.3 is 19.5 Å². The molecule has 6 nitrogen and oxygen atoms in total. The zero-order valence-corrected chi connectivity index (χ0v) is 20.0. The Kier molecular flexibility index (Phi) is 6.79. The molecule has 176 valence electrons. The third-order valence-corrected chi connectivity index (χ3v) is 6.11. The molecule has 1 atom stereocenters. The van der Waals surface area contributed by atoms with Crippen LogP contribution in [0.4, 0.5) is 15.1 Å². The minimum Gasteiger partial charge on any atom is -0.444 e. The number of benzene rings is 2. The van der Waals surface area contributed by atoms with E-state index in [4.69, 9.17) is 21.3 Å². The van der Waals surface area contributed by atoms with Crippen LogP contribution in [-0.2, 0) is 11.3 Å². The van der Waals surface area contributed by atoms with E-state index in [2.05, 4.69) is 5.32 Å². The zero-order valence-electron chi connectivity index (χ0n) is 19.3. The topological polar surface area (TPSA) is 59.4 Å². The highest BCUT2D eigenvalue weighted by atomic mass is 35.5. The first-order valence-electron chi connectivity index (χ1n) is 11.3. The van der Waals surface area contributed by atoms with Gasteiger partial charge >= 0.3 is 6.09 Å². The molecule has 1 aliphatic rings. The monoisotopic (exact) mass is 472 g/mol. The Morgan fingerprint density at radius 2 is 2.03 bits per heavy atom. The lowest BCUT2D eigenvalue weighted by atomic mass is 9.98. The van der Waals surface area contributed by atoms with Crippen molar-refractivity contribution in [1.29, 1.82) is 0 Å². The number of ether oxygens (including phenoxy) is 1. The van der Waals surface area contributed by atoms with Crippen molar-refractivity contribution in [3.63, 3.8) is 0 Å². The number of rotatable bonds is 5. The first-order valence-corrected chi connectivity index (χ1v) is 11.7. The van der Waals surface area contributed by atoms with Crippen molar-refractivity contribution in [1.82, 2.24) is 14.5 Å². The molecular formula is C25H30ClFN4O2. The van der Waals surface area contributed by atoms with Gasteiger partial charge in [0.05, 0.1) is 17.6 Å². The lowest BCUT2D eigenvalue weighted by Crippen LogP contribution is -2.44. The number of likely N-dealkylation sites (tertiary alicyclic amines) is 1. The van der Waals surface area contributed by atoms with E-state index in [1.54, 1.807) is 17.0 Å². The standard InChI is InChI=1S/C25H30ClFN4O2/c1-25(2,3)33-24(32)30-13-7-8-17(15-30)14-28-23-29-21-11-4-5-12-22(21)31(23)16-18-19(26)9-6-10-20(18)27/h4-6,9-12,17H,7-8,13-16H2,1-3H3,(H,28,29)/t17-/m0/s1. The molecule has 8 heteroatoms. The fraction of sp³-hybridized carbons (Fsp3) is 0.440. The van der Waals surface area contributed by atoms with Crippen molar-refractivity contribution in [3.05, 3.63) is 58.9 Å². The highest BCUT2D eigenvalue weighted by Crippen LogP contribution is 2.27. The van der Waals surface area contributed by atoms with Crippen LogP contribution in [-0.4, -0.2) is 45.8 Å². The van der Waals surface area contributed by atoms with Crippen molar-refractivity contribution in [2.75, 3.05) is 25.0 Å². The van der Waals surface area contributed by atoms with Gasteiger partial charge in [-0.1, -0.05) is 29.8 Å². The molecule has 0 spiro atoms. The summed E-state index contributed by atoms with van der Waals surface area (Å²) in [4.78, 5) is 19.0. The minimum absolute atomic E-state index is 0.261. The van der Waals surface area contributed by atoms with Crippen molar-refractivity contribution < 1.29 is 13.9 Å². The number of aromatic nitrogens is 2. The molecule has 33 heavy (non-hydrogen) atoms. The first-order chi connectivity index (χ1) is 15.7. The molecule has 2 heterocycles. The molecule has 1 aliphatic heterocycles. The molecule has 0 saturated carbocycles. The Labute approximate surface area is 198 Å². The second-order valence-electron chi connectivity index (χ2n) is 9.53. The fourth-order valence-corrected chi connectivity index (χ4v) is 4.39. The van der Waals surface area contributed by atoms with Crippen LogP contribution < -0.4 is 5.32 Å². The zero-order chi connectivity index (χ0) is 23.6. The molecule has 0 radical (unpaired) electrons. The van der Waals surface area contributed by atoms with Crippen LogP contribution in [0.2, 0.25) is 5.02 Å². The third-order valence-electron chi connectivity index (χ3n) is 5.75. The number of carbonyl (C=O) groups is 1. The highest BCUT2D eigenvalue weighted by Gasteiger charge is 2.28. The van der Waals surface area contributed by atoms with Crippen molar-refractivity contribution >= 4 is 34.7 Å². The van der Waals surface area contributed by atoms with Crippen LogP contribution in [0.5, 0.6) is 0 Å². The molecule has 0 bridgehead atoms. The van der Waals surface area contributed by atoms with Crippen LogP contribution in [0.25, 0.3) is 11.0 Å². The molecule has 2 aromatic carbocycles. The van der Waals surface area contributed by atoms with Crippen molar-refractivity contribution in [2.45, 2.75) is 45.8 Å². The number of fused-ring (bicyclic) bond motifs is 1. The van der Waals surface area contributed by atoms with Crippen LogP contribution in [0.1, 0.15) is 39.2 Å². The summed E-state index contributed by atoms with van der Waals surface area (Å²) in [5.74, 6) is 0.577. The van der Waals surface area contributed by atoms with Gasteiger partial charge in [0.1, 0.15) is 11.4 Å². The maximum absolute atomic E-state index is 14.5. The Hall–Kier alpha value is -2.80. The van der Waals surface area contributed by atoms with Gasteiger partial charge in [0, 0.05) is 30.2 Å². The van der Waals surface area contributed by atoms with Gasteiger partial charge in [0.2, 0.25) is 5.95 Å². The number of piperidine rings is 1. The Bertz CT molecular complexity index is 1120. The summed E-state index contributed by atoms with van der Waals surface area (Å²) in [7, 11) is 0. The number of imidazole rings is 1. The molecule has 1 amide bonds. The van der Waals surface area contributed by atoms with E-state index in [0.717, 1.165) is 23.9 Å². The normalized spacial score (nSPS) is 16.8. The van der Waals surface area contributed by atoms with E-state index in [0.29, 0.717) is 36.2 Å². The number of amides is 1. The lowest BCUT2D eigenvalue weighted by Gasteiger charge is -2.34. The maximum Gasteiger partial charge on any atom is 0.410 e. The summed E-state index contributed by atoms with van der Waals surface area (Å²) >= 11 is 6.30. The van der Waals surface area contributed by atoms with Crippen LogP contribution >= 0.6 is 11.6 Å². The number of hydrogen-bond acceptors (Lipinski definition) is 4. The van der Waals surface area contributed by atoms with Crippen molar-refractivity contribution in [3.8, 4) is 0 Å². The van der Waals surface area contributed by atoms with E-state index in [9.17, 15) is 9.18 Å². The second kappa shape index (κ2) is 9.59. The smallest absolute Gasteiger partial charge is 0.410 e. The highest BCUT2D eigenvalue weighted by molar-refractivity contribution is 6.31. The largest absolute Gasteiger partial charge is 0.444 e. The predicted octanol–water partition coefficient (Wildman–Crippen LogP) is 5.94. The molecular weight excluding hydrogens is 443 g/mol. The summed E-state index contributed by atoms with van der Waals surface area (Å²) in [6.45, 7) is 7.87. The van der Waals surface area contributed by atoms with Gasteiger partial charge in [-0.05, 0) is 63.8 Å². The summed E-state index contributed by atoms with van der Waals surface area (Å²) < 4.78 is 22.0. The Balaban J connectivity index is 1.51. The molecule has 0 unspecified atom stereocenters. The van der Waals surface area contributed by atoms with Gasteiger partial charge in [0.25, 0.3) is 0 Å². The van der Waals surface area contributed by atoms with E-state index in [-0.39, 0.29) is 24.4 Å². The molecule has 0 aliphatic carbocycles. The van der Waals surface area contributed by atoms with Gasteiger partial charge in [-0.3, -0.25) is 0 Å². The first kappa shape index (κ1) is 23.4. The molecule has 1 aromatic heterocycles. The molecule has 1 N–H and O–H groups in total. The molecule has 3 aromatic rings. The quantitative estimate of drug-likeness (QED) is 0.499. The average Bonchev–Trinajstić information content (AvgIpc) is 3.11. The van der Waals surface area contributed by atoms with E-state index in [1.807, 2.05) is 49.6 Å². The van der Waals surface area contributed by atoms with Gasteiger partial charge in [-0.15, -0.1) is 0 Å². The summed E-state index contributed by atoms with van der Waals surface area (Å²) in [6.07, 6.45) is 1.66. The number of carbonyl (C=O) groups excluding carboxylic acids is 1. The lowest BCUT2D eigenvalue weighted by molar-refractivity contribution is 0.0172. The van der Waals surface area contributed by atoms with E-state index >= 15 is 0 Å². The van der Waals surface area contributed by atoms with E-state index in [1.165, 1.54) is 6.07 Å². The molecule has 1 saturated heterocycles. The summed E-state index contributed by atoms with van der Waals surface area (Å²) in [6, 6.07) is 12.5. The van der Waals surface area contributed by atoms with Gasteiger partial charge in [0.15, 0.2) is 0 Å². The van der Waals surface area contributed by atoms with Crippen LogP contribution in [0.3, 0.4) is 0 Å². The van der Waals surface area contributed by atoms with Crippen molar-refractivity contribution in [2.24, 2.45) is 5.92 Å². The Morgan fingerprint density at radius 1 is 1.24 bits per heavy atom. The second-order valence-corrected chi connectivity index (χ2v) is 9.93. The number of hydrogen-bond donors (Lipinski definition) is 1. The average molecular weight is 473 g/mol. The van der Waals surface area contributed by atoms with Crippen LogP contribution in [0.15, 0.2) is 42.5 Å². The Morgan fingerprint density at radius 3 is 2.79 bits per heavy atom. The number of para-hydroxylation sites is 2. The molecule has 4 rings (SSSR count). The molecule has 1 fully saturated rings. The number of anilines is 1. The predicted molar refractivity (Wildman–Crippen MR) is 129 cm³/mol. The van der Waals surface area contributed by atoms with E-state index < -0.39 is 5.60 Å². The number of halogens is 2. The van der Waals surface area contributed by atoms with Gasteiger partial charge in [-0.2, -0.15) is 0 Å².